The van der Waals surface area contributed by atoms with Crippen LogP contribution in [0.4, 0.5) is 0 Å². The highest BCUT2D eigenvalue weighted by molar-refractivity contribution is 7.26. The van der Waals surface area contributed by atoms with Gasteiger partial charge in [-0.1, -0.05) is 121 Å². The molecular weight excluding hydrogens is 518 g/mol. The molecule has 0 N–H and O–H groups in total. The summed E-state index contributed by atoms with van der Waals surface area (Å²) in [4.78, 5) is 14.8. The van der Waals surface area contributed by atoms with Crippen LogP contribution in [-0.4, -0.2) is 15.0 Å². The van der Waals surface area contributed by atoms with Crippen molar-refractivity contribution < 1.29 is 0 Å². The fourth-order valence-corrected chi connectivity index (χ4v) is 6.71. The molecule has 4 heteroatoms. The highest BCUT2D eigenvalue weighted by Crippen LogP contribution is 2.42. The number of fused-ring (bicyclic) bond motifs is 5. The Balaban J connectivity index is 1.34. The average Bonchev–Trinajstić information content (AvgIpc) is 3.44. The first kappa shape index (κ1) is 23.7. The van der Waals surface area contributed by atoms with E-state index in [2.05, 4.69) is 78.9 Å². The van der Waals surface area contributed by atoms with Crippen LogP contribution in [0.15, 0.2) is 140 Å². The molecule has 0 fully saturated rings. The molecule has 2 heterocycles. The molecule has 6 aromatic carbocycles. The monoisotopic (exact) mass is 541 g/mol. The maximum atomic E-state index is 4.96. The Bertz CT molecular complexity index is 2140. The van der Waals surface area contributed by atoms with Gasteiger partial charge >= 0.3 is 0 Å². The van der Waals surface area contributed by atoms with E-state index >= 15 is 0 Å². The minimum absolute atomic E-state index is 0.658. The molecule has 192 valence electrons. The zero-order valence-corrected chi connectivity index (χ0v) is 22.8. The van der Waals surface area contributed by atoms with Crippen LogP contribution < -0.4 is 0 Å². The van der Waals surface area contributed by atoms with E-state index < -0.39 is 0 Å². The van der Waals surface area contributed by atoms with E-state index in [0.29, 0.717) is 17.5 Å². The number of aromatic nitrogens is 3. The molecule has 41 heavy (non-hydrogen) atoms. The molecule has 8 rings (SSSR count). The summed E-state index contributed by atoms with van der Waals surface area (Å²) in [6.07, 6.45) is 0. The minimum atomic E-state index is 0.658. The van der Waals surface area contributed by atoms with Crippen LogP contribution in [0.3, 0.4) is 0 Å². The molecule has 0 spiro atoms. The minimum Gasteiger partial charge on any atom is -0.208 e. The molecule has 0 unspecified atom stereocenters. The molecule has 0 radical (unpaired) electrons. The molecule has 8 aromatic rings. The molecule has 0 atom stereocenters. The van der Waals surface area contributed by atoms with Gasteiger partial charge in [-0.05, 0) is 40.1 Å². The first-order chi connectivity index (χ1) is 20.3. The van der Waals surface area contributed by atoms with Crippen molar-refractivity contribution in [2.45, 2.75) is 0 Å². The normalized spacial score (nSPS) is 11.4. The zero-order valence-electron chi connectivity index (χ0n) is 22.0. The number of nitrogens with zero attached hydrogens (tertiary/aromatic N) is 3. The van der Waals surface area contributed by atoms with Gasteiger partial charge in [0.25, 0.3) is 0 Å². The fourth-order valence-electron chi connectivity index (χ4n) is 5.60. The van der Waals surface area contributed by atoms with Crippen LogP contribution in [0.2, 0.25) is 0 Å². The van der Waals surface area contributed by atoms with E-state index in [1.165, 1.54) is 36.5 Å². The van der Waals surface area contributed by atoms with Crippen molar-refractivity contribution in [1.82, 2.24) is 15.0 Å². The number of rotatable bonds is 4. The summed E-state index contributed by atoms with van der Waals surface area (Å²) in [5, 5.41) is 5.15. The highest BCUT2D eigenvalue weighted by Gasteiger charge is 2.15. The summed E-state index contributed by atoms with van der Waals surface area (Å²) in [5.74, 6) is 1.99. The van der Waals surface area contributed by atoms with Gasteiger partial charge in [0.15, 0.2) is 17.5 Å². The third-order valence-electron chi connectivity index (χ3n) is 7.51. The molecule has 2 aromatic heterocycles. The van der Waals surface area contributed by atoms with E-state index in [9.17, 15) is 0 Å². The largest absolute Gasteiger partial charge is 0.208 e. The van der Waals surface area contributed by atoms with Crippen molar-refractivity contribution in [3.8, 4) is 45.3 Å². The maximum Gasteiger partial charge on any atom is 0.164 e. The van der Waals surface area contributed by atoms with E-state index in [-0.39, 0.29) is 0 Å². The molecule has 0 saturated carbocycles. The lowest BCUT2D eigenvalue weighted by Gasteiger charge is -2.12. The summed E-state index contributed by atoms with van der Waals surface area (Å²) in [7, 11) is 0. The van der Waals surface area contributed by atoms with Crippen LogP contribution in [0.5, 0.6) is 0 Å². The van der Waals surface area contributed by atoms with Gasteiger partial charge in [-0.2, -0.15) is 0 Å². The molecule has 0 aliphatic rings. The lowest BCUT2D eigenvalue weighted by molar-refractivity contribution is 1.07. The van der Waals surface area contributed by atoms with Gasteiger partial charge in [-0.3, -0.25) is 0 Å². The van der Waals surface area contributed by atoms with Gasteiger partial charge in [0.1, 0.15) is 0 Å². The van der Waals surface area contributed by atoms with Gasteiger partial charge < -0.3 is 0 Å². The molecule has 3 nitrogen and oxygen atoms in total. The SMILES string of the molecule is c1ccc(-c2nc(-c3ccccc3)nc(-c3cccc(-c4cccc5ccc6sc7ccccc7c6c45)c3)n2)cc1. The van der Waals surface area contributed by atoms with E-state index in [1.807, 2.05) is 72.0 Å². The first-order valence-corrected chi connectivity index (χ1v) is 14.4. The average molecular weight is 542 g/mol. The van der Waals surface area contributed by atoms with Crippen molar-refractivity contribution in [3.63, 3.8) is 0 Å². The molecule has 0 aliphatic heterocycles. The van der Waals surface area contributed by atoms with Gasteiger partial charge in [0, 0.05) is 36.9 Å². The lowest BCUT2D eigenvalue weighted by atomic mass is 9.94. The Morgan fingerprint density at radius 3 is 1.71 bits per heavy atom. The Morgan fingerprint density at radius 1 is 0.390 bits per heavy atom. The summed E-state index contributed by atoms with van der Waals surface area (Å²) in [6.45, 7) is 0. The number of benzene rings is 6. The van der Waals surface area contributed by atoms with Crippen molar-refractivity contribution in [2.75, 3.05) is 0 Å². The van der Waals surface area contributed by atoms with Crippen LogP contribution >= 0.6 is 11.3 Å². The van der Waals surface area contributed by atoms with Gasteiger partial charge in [0.2, 0.25) is 0 Å². The van der Waals surface area contributed by atoms with Gasteiger partial charge in [-0.25, -0.2) is 15.0 Å². The highest BCUT2D eigenvalue weighted by atomic mass is 32.1. The Kier molecular flexibility index (Phi) is 5.64. The topological polar surface area (TPSA) is 38.7 Å². The number of hydrogen-bond acceptors (Lipinski definition) is 4. The van der Waals surface area contributed by atoms with Gasteiger partial charge in [-0.15, -0.1) is 11.3 Å². The first-order valence-electron chi connectivity index (χ1n) is 13.6. The summed E-state index contributed by atoms with van der Waals surface area (Å²) in [6, 6.07) is 48.6. The summed E-state index contributed by atoms with van der Waals surface area (Å²) < 4.78 is 2.62. The van der Waals surface area contributed by atoms with Crippen molar-refractivity contribution >= 4 is 42.3 Å². The standard InChI is InChI=1S/C37H23N3S/c1-3-11-25(12-4-1)35-38-36(26-13-5-2-6-14-26)40-37(39-35)28-17-9-16-27(23-28)29-19-10-15-24-21-22-32-34(33(24)29)30-18-7-8-20-31(30)41-32/h1-23H. The molecule has 0 saturated heterocycles. The number of hydrogen-bond donors (Lipinski definition) is 0. The fraction of sp³-hybridized carbons (Fsp3) is 0. The van der Waals surface area contributed by atoms with E-state index in [4.69, 9.17) is 15.0 Å². The van der Waals surface area contributed by atoms with Crippen molar-refractivity contribution in [2.24, 2.45) is 0 Å². The Labute approximate surface area is 241 Å². The maximum absolute atomic E-state index is 4.96. The predicted octanol–water partition coefficient (Wildman–Crippen LogP) is 10.1. The second-order valence-electron chi connectivity index (χ2n) is 10.1. The molecule has 0 aliphatic carbocycles. The van der Waals surface area contributed by atoms with E-state index in [0.717, 1.165) is 22.3 Å². The predicted molar refractivity (Wildman–Crippen MR) is 172 cm³/mol. The van der Waals surface area contributed by atoms with E-state index in [1.54, 1.807) is 0 Å². The molecule has 0 amide bonds. The molecule has 0 bridgehead atoms. The van der Waals surface area contributed by atoms with Crippen LogP contribution in [0, 0.1) is 0 Å². The summed E-state index contributed by atoms with van der Waals surface area (Å²) >= 11 is 1.85. The zero-order chi connectivity index (χ0) is 27.2. The summed E-state index contributed by atoms with van der Waals surface area (Å²) in [5.41, 5.74) is 5.23. The van der Waals surface area contributed by atoms with Crippen molar-refractivity contribution in [3.05, 3.63) is 140 Å². The number of thiophene rings is 1. The quantitative estimate of drug-likeness (QED) is 0.222. The van der Waals surface area contributed by atoms with Crippen LogP contribution in [0.25, 0.3) is 76.2 Å². The Morgan fingerprint density at radius 2 is 0.976 bits per heavy atom. The van der Waals surface area contributed by atoms with Gasteiger partial charge in [0.05, 0.1) is 0 Å². The van der Waals surface area contributed by atoms with Crippen molar-refractivity contribution in [1.29, 1.82) is 0 Å². The second-order valence-corrected chi connectivity index (χ2v) is 11.1. The lowest BCUT2D eigenvalue weighted by Crippen LogP contribution is -2.00. The third kappa shape index (κ3) is 4.17. The van der Waals surface area contributed by atoms with Crippen LogP contribution in [0.1, 0.15) is 0 Å². The molecular formula is C37H23N3S. The second kappa shape index (κ2) is 9.77. The third-order valence-corrected chi connectivity index (χ3v) is 8.65. The van der Waals surface area contributed by atoms with Crippen LogP contribution in [-0.2, 0) is 0 Å². The smallest absolute Gasteiger partial charge is 0.164 e. The Hall–Kier alpha value is -5.19.